The van der Waals surface area contributed by atoms with E-state index < -0.39 is 75.7 Å². The first-order chi connectivity index (χ1) is 30.4. The van der Waals surface area contributed by atoms with Crippen LogP contribution in [0, 0.1) is 0 Å². The van der Waals surface area contributed by atoms with Crippen LogP contribution in [0.5, 0.6) is 0 Å². The van der Waals surface area contributed by atoms with Crippen LogP contribution in [0.4, 0.5) is 0 Å². The summed E-state index contributed by atoms with van der Waals surface area (Å²) in [5, 5.41) is 50.2. The summed E-state index contributed by atoms with van der Waals surface area (Å²) >= 11 is 0. The number of rotatable bonds is 37. The molecule has 0 aromatic rings. The summed E-state index contributed by atoms with van der Waals surface area (Å²) in [5.74, 6) is -1.16. The van der Waals surface area contributed by atoms with E-state index in [-0.39, 0.29) is 12.8 Å². The quantitative estimate of drug-likeness (QED) is 0.0149. The number of phosphoric ester groups is 1. The minimum Gasteiger partial charge on any atom is -0.462 e. The van der Waals surface area contributed by atoms with Crippen LogP contribution in [0.25, 0.3) is 0 Å². The summed E-state index contributed by atoms with van der Waals surface area (Å²) in [4.78, 5) is 35.7. The molecule has 13 nitrogen and oxygen atoms in total. The predicted molar refractivity (Wildman–Crippen MR) is 248 cm³/mol. The molecule has 63 heavy (non-hydrogen) atoms. The number of aliphatic hydroxyl groups excluding tert-OH is 5. The van der Waals surface area contributed by atoms with Crippen molar-refractivity contribution in [3.8, 4) is 0 Å². The van der Waals surface area contributed by atoms with Gasteiger partial charge < -0.3 is 39.9 Å². The van der Waals surface area contributed by atoms with Gasteiger partial charge >= 0.3 is 19.8 Å². The van der Waals surface area contributed by atoms with Gasteiger partial charge in [-0.1, -0.05) is 137 Å². The van der Waals surface area contributed by atoms with E-state index in [0.29, 0.717) is 12.8 Å². The summed E-state index contributed by atoms with van der Waals surface area (Å²) in [6.07, 6.45) is 36.3. The van der Waals surface area contributed by atoms with E-state index in [1.54, 1.807) is 0 Å². The van der Waals surface area contributed by atoms with Crippen LogP contribution in [0.2, 0.25) is 0 Å². The molecule has 14 heteroatoms. The SMILES string of the molecule is CC/C=C/C/C=C/C/C=C/C/C=C/C/C=C/CCCCCC(=O)O[C@H](COC(=O)CCCCCCC/C=C/C/C=C/CCCCC)COP(=O)(O)OC1C(O)C(O)C(O)[C@@H](O)C1O. The highest BCUT2D eigenvalue weighted by Crippen LogP contribution is 2.47. The first-order valence-corrected chi connectivity index (χ1v) is 24.9. The standard InChI is InChI=1S/C49H81O13P/c1-3-5-7-9-11-13-15-17-19-20-21-22-24-26-28-30-32-34-36-38-43(51)61-41(40-60-63(57,58)62-49-47(55)45(53)44(52)46(54)48(49)56)39-59-42(50)37-35-33-31-29-27-25-23-18-16-14-12-10-8-6-4-2/h5,7,11-14,17-19,21-23,26,28,41,44-49,52-56H,3-4,6,8-10,15-16,20,24-25,27,29-40H2,1-2H3,(H,57,58)/b7-5+,13-11+,14-12+,19-17+,22-21+,23-18+,28-26+/t41-,44?,45-,46?,47?,48?,49?/m1/s1. The van der Waals surface area contributed by atoms with Gasteiger partial charge in [0.25, 0.3) is 0 Å². The van der Waals surface area contributed by atoms with E-state index in [4.69, 9.17) is 18.5 Å². The number of ether oxygens (including phenoxy) is 2. The number of carbonyl (C=O) groups excluding carboxylic acids is 2. The molecule has 6 N–H and O–H groups in total. The Morgan fingerprint density at radius 1 is 0.508 bits per heavy atom. The third-order valence-corrected chi connectivity index (χ3v) is 11.2. The Hall–Kier alpha value is -2.97. The van der Waals surface area contributed by atoms with E-state index in [0.717, 1.165) is 96.3 Å². The highest BCUT2D eigenvalue weighted by Gasteiger charge is 2.51. The molecule has 8 atom stereocenters. The summed E-state index contributed by atoms with van der Waals surface area (Å²) in [5.41, 5.74) is 0. The molecule has 0 bridgehead atoms. The molecular formula is C49H81O13P. The van der Waals surface area contributed by atoms with Crippen molar-refractivity contribution in [2.75, 3.05) is 13.2 Å². The molecule has 1 aliphatic carbocycles. The van der Waals surface area contributed by atoms with Gasteiger partial charge in [0.2, 0.25) is 0 Å². The lowest BCUT2D eigenvalue weighted by Gasteiger charge is -2.41. The van der Waals surface area contributed by atoms with Gasteiger partial charge in [0.1, 0.15) is 43.2 Å². The van der Waals surface area contributed by atoms with Crippen molar-refractivity contribution in [1.82, 2.24) is 0 Å². The average molecular weight is 909 g/mol. The molecule has 6 unspecified atom stereocenters. The summed E-state index contributed by atoms with van der Waals surface area (Å²) < 4.78 is 33.5. The monoisotopic (exact) mass is 909 g/mol. The Bertz CT molecular complexity index is 1420. The van der Waals surface area contributed by atoms with Gasteiger partial charge in [0.05, 0.1) is 6.61 Å². The number of unbranched alkanes of at least 4 members (excludes halogenated alkanes) is 11. The largest absolute Gasteiger partial charge is 0.472 e. The van der Waals surface area contributed by atoms with Gasteiger partial charge in [-0.15, -0.1) is 0 Å². The molecular weight excluding hydrogens is 828 g/mol. The Kier molecular flexibility index (Phi) is 35.3. The number of allylic oxidation sites excluding steroid dienone is 14. The molecule has 0 amide bonds. The first-order valence-electron chi connectivity index (χ1n) is 23.4. The van der Waals surface area contributed by atoms with Crippen molar-refractivity contribution in [2.45, 2.75) is 198 Å². The van der Waals surface area contributed by atoms with Crippen molar-refractivity contribution in [3.05, 3.63) is 85.1 Å². The molecule has 1 aliphatic rings. The normalized spacial score (nSPS) is 22.5. The molecule has 0 aromatic heterocycles. The Balaban J connectivity index is 2.50. The molecule has 1 rings (SSSR count). The van der Waals surface area contributed by atoms with Crippen LogP contribution in [-0.2, 0) is 32.7 Å². The van der Waals surface area contributed by atoms with Crippen molar-refractivity contribution in [2.24, 2.45) is 0 Å². The molecule has 1 saturated carbocycles. The Morgan fingerprint density at radius 3 is 1.40 bits per heavy atom. The van der Waals surface area contributed by atoms with Crippen LogP contribution < -0.4 is 0 Å². The highest BCUT2D eigenvalue weighted by molar-refractivity contribution is 7.47. The second-order valence-corrected chi connectivity index (χ2v) is 17.3. The van der Waals surface area contributed by atoms with E-state index >= 15 is 0 Å². The Labute approximate surface area is 378 Å². The third-order valence-electron chi connectivity index (χ3n) is 10.2. The van der Waals surface area contributed by atoms with Gasteiger partial charge in [-0.3, -0.25) is 18.6 Å². The van der Waals surface area contributed by atoms with Gasteiger partial charge in [-0.05, 0) is 89.9 Å². The maximum atomic E-state index is 12.8. The summed E-state index contributed by atoms with van der Waals surface area (Å²) in [6.45, 7) is 3.11. The predicted octanol–water partition coefficient (Wildman–Crippen LogP) is 9.28. The number of aliphatic hydroxyl groups is 5. The summed E-state index contributed by atoms with van der Waals surface area (Å²) in [6, 6.07) is 0. The van der Waals surface area contributed by atoms with Crippen molar-refractivity contribution in [3.63, 3.8) is 0 Å². The summed E-state index contributed by atoms with van der Waals surface area (Å²) in [7, 11) is -5.14. The molecule has 0 heterocycles. The fourth-order valence-corrected chi connectivity index (χ4v) is 7.43. The van der Waals surface area contributed by atoms with Crippen LogP contribution in [0.3, 0.4) is 0 Å². The van der Waals surface area contributed by atoms with Crippen LogP contribution >= 0.6 is 7.82 Å². The first kappa shape index (κ1) is 58.0. The number of hydrogen-bond acceptors (Lipinski definition) is 12. The second kappa shape index (κ2) is 38.3. The van der Waals surface area contributed by atoms with E-state index in [9.17, 15) is 44.6 Å². The van der Waals surface area contributed by atoms with Crippen LogP contribution in [-0.4, -0.2) is 98.3 Å². The van der Waals surface area contributed by atoms with E-state index in [2.05, 4.69) is 98.9 Å². The topological polar surface area (TPSA) is 210 Å². The lowest BCUT2D eigenvalue weighted by molar-refractivity contribution is -0.220. The maximum Gasteiger partial charge on any atom is 0.472 e. The minimum absolute atomic E-state index is 0.0495. The van der Waals surface area contributed by atoms with Crippen LogP contribution in [0.1, 0.15) is 155 Å². The molecule has 0 aliphatic heterocycles. The van der Waals surface area contributed by atoms with Gasteiger partial charge in [0, 0.05) is 12.8 Å². The molecule has 360 valence electrons. The highest BCUT2D eigenvalue weighted by atomic mass is 31.2. The van der Waals surface area contributed by atoms with Gasteiger partial charge in [-0.25, -0.2) is 4.57 Å². The number of hydrogen-bond donors (Lipinski definition) is 6. The minimum atomic E-state index is -5.14. The van der Waals surface area contributed by atoms with Crippen molar-refractivity contribution in [1.29, 1.82) is 0 Å². The zero-order valence-corrected chi connectivity index (χ0v) is 39.0. The van der Waals surface area contributed by atoms with Crippen molar-refractivity contribution < 1.29 is 63.1 Å². The lowest BCUT2D eigenvalue weighted by Crippen LogP contribution is -2.64. The number of carbonyl (C=O) groups is 2. The fourth-order valence-electron chi connectivity index (χ4n) is 6.46. The Morgan fingerprint density at radius 2 is 0.905 bits per heavy atom. The van der Waals surface area contributed by atoms with E-state index in [1.807, 2.05) is 0 Å². The number of esters is 2. The second-order valence-electron chi connectivity index (χ2n) is 15.9. The lowest BCUT2D eigenvalue weighted by atomic mass is 9.85. The molecule has 0 saturated heterocycles. The molecule has 0 radical (unpaired) electrons. The van der Waals surface area contributed by atoms with Gasteiger partial charge in [0.15, 0.2) is 6.10 Å². The van der Waals surface area contributed by atoms with Gasteiger partial charge in [-0.2, -0.15) is 0 Å². The maximum absolute atomic E-state index is 12.8. The fraction of sp³-hybridized carbons (Fsp3) is 0.673. The molecule has 1 fully saturated rings. The zero-order valence-electron chi connectivity index (χ0n) is 38.1. The van der Waals surface area contributed by atoms with E-state index in [1.165, 1.54) is 19.3 Å². The smallest absolute Gasteiger partial charge is 0.462 e. The molecule has 0 aromatic carbocycles. The third kappa shape index (κ3) is 30.7. The average Bonchev–Trinajstić information content (AvgIpc) is 3.26. The zero-order chi connectivity index (χ0) is 46.4. The molecule has 0 spiro atoms. The van der Waals surface area contributed by atoms with Crippen LogP contribution in [0.15, 0.2) is 85.1 Å². The number of phosphoric acid groups is 1. The van der Waals surface area contributed by atoms with Crippen molar-refractivity contribution >= 4 is 19.8 Å².